The molecular weight excluding hydrogens is 414 g/mol. The van der Waals surface area contributed by atoms with Crippen molar-refractivity contribution < 1.29 is 13.2 Å². The average Bonchev–Trinajstić information content (AvgIpc) is 3.33. The normalized spacial score (nSPS) is 12.5. The van der Waals surface area contributed by atoms with Gasteiger partial charge in [-0.2, -0.15) is 4.72 Å². The highest BCUT2D eigenvalue weighted by Crippen LogP contribution is 2.27. The number of aryl methyl sites for hydroxylation is 1. The van der Waals surface area contributed by atoms with Crippen molar-refractivity contribution in [3.05, 3.63) is 95.8 Å². The van der Waals surface area contributed by atoms with Gasteiger partial charge in [-0.05, 0) is 64.4 Å². The Morgan fingerprint density at radius 3 is 2.29 bits per heavy atom. The third kappa shape index (κ3) is 4.47. The van der Waals surface area contributed by atoms with Gasteiger partial charge in [-0.1, -0.05) is 42.5 Å². The molecular formula is C22H21N5O3S. The summed E-state index contributed by atoms with van der Waals surface area (Å²) < 4.78 is 36.1. The van der Waals surface area contributed by atoms with E-state index in [0.717, 1.165) is 16.7 Å². The van der Waals surface area contributed by atoms with Crippen LogP contribution in [0.25, 0.3) is 5.69 Å². The highest BCUT2D eigenvalue weighted by Gasteiger charge is 2.23. The van der Waals surface area contributed by atoms with Gasteiger partial charge in [0.05, 0.1) is 23.7 Å². The average molecular weight is 436 g/mol. The lowest BCUT2D eigenvalue weighted by atomic mass is 10.00. The van der Waals surface area contributed by atoms with Crippen LogP contribution in [0.3, 0.4) is 0 Å². The van der Waals surface area contributed by atoms with E-state index >= 15 is 0 Å². The molecule has 4 aromatic rings. The molecule has 0 amide bonds. The Morgan fingerprint density at radius 2 is 1.68 bits per heavy atom. The summed E-state index contributed by atoms with van der Waals surface area (Å²) in [6.45, 7) is 1.81. The molecule has 0 unspecified atom stereocenters. The fourth-order valence-corrected chi connectivity index (χ4v) is 4.62. The predicted octanol–water partition coefficient (Wildman–Crippen LogP) is 3.05. The van der Waals surface area contributed by atoms with E-state index in [9.17, 15) is 8.42 Å². The van der Waals surface area contributed by atoms with E-state index in [1.54, 1.807) is 25.3 Å². The summed E-state index contributed by atoms with van der Waals surface area (Å²) in [7, 11) is -2.23. The minimum Gasteiger partial charge on any atom is -0.497 e. The fourth-order valence-electron chi connectivity index (χ4n) is 3.32. The van der Waals surface area contributed by atoms with Crippen LogP contribution in [0.15, 0.2) is 84.0 Å². The Balaban J connectivity index is 1.69. The second-order valence-electron chi connectivity index (χ2n) is 6.94. The monoisotopic (exact) mass is 435 g/mol. The first-order valence-electron chi connectivity index (χ1n) is 9.53. The fraction of sp³-hybridized carbons (Fsp3) is 0.136. The second-order valence-corrected chi connectivity index (χ2v) is 8.65. The molecule has 0 bridgehead atoms. The van der Waals surface area contributed by atoms with Crippen LogP contribution < -0.4 is 9.46 Å². The van der Waals surface area contributed by atoms with Crippen molar-refractivity contribution in [1.29, 1.82) is 0 Å². The SMILES string of the molecule is COc1ccc([C@H](NS(=O)(=O)c2ccc(-n3cnnn3)c(C)c2)c2ccccc2)cc1. The van der Waals surface area contributed by atoms with E-state index in [-0.39, 0.29) is 4.90 Å². The zero-order chi connectivity index (χ0) is 21.8. The van der Waals surface area contributed by atoms with E-state index in [4.69, 9.17) is 4.74 Å². The van der Waals surface area contributed by atoms with Crippen molar-refractivity contribution in [2.45, 2.75) is 17.9 Å². The number of methoxy groups -OCH3 is 1. The molecule has 1 atom stereocenters. The smallest absolute Gasteiger partial charge is 0.241 e. The molecule has 0 fully saturated rings. The van der Waals surface area contributed by atoms with Crippen LogP contribution >= 0.6 is 0 Å². The van der Waals surface area contributed by atoms with Crippen molar-refractivity contribution in [2.24, 2.45) is 0 Å². The number of nitrogens with zero attached hydrogens (tertiary/aromatic N) is 4. The highest BCUT2D eigenvalue weighted by atomic mass is 32.2. The lowest BCUT2D eigenvalue weighted by Crippen LogP contribution is -2.29. The standard InChI is InChI=1S/C22H21N5O3S/c1-16-14-20(12-13-21(16)27-15-23-25-26-27)31(28,29)24-22(17-6-4-3-5-7-17)18-8-10-19(30-2)11-9-18/h3-15,22,24H,1-2H3/t22-/m1/s1. The maximum atomic E-state index is 13.3. The molecule has 3 aromatic carbocycles. The second kappa shape index (κ2) is 8.66. The van der Waals surface area contributed by atoms with Crippen LogP contribution in [0.1, 0.15) is 22.7 Å². The Hall–Kier alpha value is -3.56. The minimum absolute atomic E-state index is 0.163. The predicted molar refractivity (Wildman–Crippen MR) is 115 cm³/mol. The number of rotatable bonds is 7. The van der Waals surface area contributed by atoms with Crippen LogP contribution in [-0.4, -0.2) is 35.7 Å². The van der Waals surface area contributed by atoms with Gasteiger partial charge in [-0.25, -0.2) is 13.1 Å². The first-order valence-corrected chi connectivity index (χ1v) is 11.0. The molecule has 158 valence electrons. The Labute approximate surface area is 180 Å². The van der Waals surface area contributed by atoms with E-state index < -0.39 is 16.1 Å². The number of hydrogen-bond acceptors (Lipinski definition) is 6. The molecule has 4 rings (SSSR count). The summed E-state index contributed by atoms with van der Waals surface area (Å²) in [4.78, 5) is 0.163. The van der Waals surface area contributed by atoms with Crippen LogP contribution in [0.5, 0.6) is 5.75 Å². The number of aromatic nitrogens is 4. The minimum atomic E-state index is -3.82. The molecule has 1 aromatic heterocycles. The number of nitrogens with one attached hydrogen (secondary N) is 1. The topological polar surface area (TPSA) is 99.0 Å². The summed E-state index contributed by atoms with van der Waals surface area (Å²) >= 11 is 0. The van der Waals surface area contributed by atoms with Gasteiger partial charge in [0.2, 0.25) is 10.0 Å². The zero-order valence-electron chi connectivity index (χ0n) is 17.0. The van der Waals surface area contributed by atoms with E-state index in [2.05, 4.69) is 20.2 Å². The van der Waals surface area contributed by atoms with Gasteiger partial charge >= 0.3 is 0 Å². The third-order valence-corrected chi connectivity index (χ3v) is 6.35. The molecule has 1 N–H and O–H groups in total. The molecule has 0 aliphatic rings. The van der Waals surface area contributed by atoms with Crippen molar-refractivity contribution in [3.8, 4) is 11.4 Å². The molecule has 0 radical (unpaired) electrons. The largest absolute Gasteiger partial charge is 0.497 e. The summed E-state index contributed by atoms with van der Waals surface area (Å²) in [5, 5.41) is 11.1. The quantitative estimate of drug-likeness (QED) is 0.479. The maximum Gasteiger partial charge on any atom is 0.241 e. The maximum absolute atomic E-state index is 13.3. The lowest BCUT2D eigenvalue weighted by Gasteiger charge is -2.20. The van der Waals surface area contributed by atoms with Gasteiger partial charge in [0.25, 0.3) is 0 Å². The Morgan fingerprint density at radius 1 is 0.968 bits per heavy atom. The highest BCUT2D eigenvalue weighted by molar-refractivity contribution is 7.89. The number of tetrazole rings is 1. The third-order valence-electron chi connectivity index (χ3n) is 4.93. The molecule has 1 heterocycles. The van der Waals surface area contributed by atoms with E-state index in [1.807, 2.05) is 61.5 Å². The molecule has 0 aliphatic carbocycles. The first-order chi connectivity index (χ1) is 15.0. The van der Waals surface area contributed by atoms with Gasteiger partial charge in [-0.3, -0.25) is 0 Å². The van der Waals surface area contributed by atoms with Gasteiger partial charge in [0.1, 0.15) is 12.1 Å². The Kier molecular flexibility index (Phi) is 5.79. The Bertz CT molecular complexity index is 1260. The molecule has 0 saturated carbocycles. The number of benzene rings is 3. The van der Waals surface area contributed by atoms with E-state index in [1.165, 1.54) is 11.0 Å². The van der Waals surface area contributed by atoms with Crippen molar-refractivity contribution in [2.75, 3.05) is 7.11 Å². The van der Waals surface area contributed by atoms with Crippen molar-refractivity contribution in [3.63, 3.8) is 0 Å². The summed E-state index contributed by atoms with van der Waals surface area (Å²) in [6.07, 6.45) is 1.46. The van der Waals surface area contributed by atoms with Gasteiger partial charge in [-0.15, -0.1) is 5.10 Å². The van der Waals surface area contributed by atoms with E-state index in [0.29, 0.717) is 11.4 Å². The van der Waals surface area contributed by atoms with Crippen LogP contribution in [0.4, 0.5) is 0 Å². The molecule has 8 nitrogen and oxygen atoms in total. The van der Waals surface area contributed by atoms with Crippen LogP contribution in [0.2, 0.25) is 0 Å². The van der Waals surface area contributed by atoms with Crippen LogP contribution in [-0.2, 0) is 10.0 Å². The zero-order valence-corrected chi connectivity index (χ0v) is 17.8. The number of hydrogen-bond donors (Lipinski definition) is 1. The lowest BCUT2D eigenvalue weighted by molar-refractivity contribution is 0.414. The van der Waals surface area contributed by atoms with Crippen molar-refractivity contribution in [1.82, 2.24) is 24.9 Å². The van der Waals surface area contributed by atoms with Gasteiger partial charge < -0.3 is 4.74 Å². The summed E-state index contributed by atoms with van der Waals surface area (Å²) in [5.74, 6) is 0.701. The molecule has 0 aliphatic heterocycles. The number of ether oxygens (including phenoxy) is 1. The van der Waals surface area contributed by atoms with Gasteiger partial charge in [0.15, 0.2) is 0 Å². The summed E-state index contributed by atoms with van der Waals surface area (Å²) in [5.41, 5.74) is 3.07. The van der Waals surface area contributed by atoms with Crippen LogP contribution in [0, 0.1) is 6.92 Å². The summed E-state index contributed by atoms with van der Waals surface area (Å²) in [6, 6.07) is 21.0. The molecule has 0 saturated heterocycles. The first kappa shape index (κ1) is 20.7. The van der Waals surface area contributed by atoms with Gasteiger partial charge in [0, 0.05) is 0 Å². The number of sulfonamides is 1. The van der Waals surface area contributed by atoms with Crippen molar-refractivity contribution >= 4 is 10.0 Å². The molecule has 31 heavy (non-hydrogen) atoms. The molecule has 0 spiro atoms. The molecule has 9 heteroatoms.